The number of hydrogen-bond donors (Lipinski definition) is 4. The number of nitrogens with one attached hydrogen (secondary N) is 3. The van der Waals surface area contributed by atoms with Crippen molar-refractivity contribution in [2.75, 3.05) is 13.2 Å². The SMILES string of the molecule is C.C.C.I.II.O=C(NC12CC3CC1CC(Cc1ncon1)(C3)C2)C(F)(F)F.OCC12CC3CC(C1)C(NP)(C3)C2.[C-]#[N+]CC12CC3CC(C1)C(NP)(C3)C2. The van der Waals surface area contributed by atoms with Gasteiger partial charge in [0.25, 0.3) is 0 Å². The maximum Gasteiger partial charge on any atom is 0.471 e. The molecule has 1 aromatic heterocycles. The molecule has 0 aromatic carbocycles. The monoisotopic (exact) mass is 1150 g/mol. The lowest BCUT2D eigenvalue weighted by atomic mass is 9.67. The van der Waals surface area contributed by atoms with Gasteiger partial charge in [0.2, 0.25) is 12.9 Å². The lowest BCUT2D eigenvalue weighted by molar-refractivity contribution is -0.176. The predicted octanol–water partition coefficient (Wildman–Crippen LogP) is 10.1. The molecule has 14 atom stereocenters. The Kier molecular flexibility index (Phi) is 16.8. The van der Waals surface area contributed by atoms with Gasteiger partial charge >= 0.3 is 12.1 Å². The molecule has 1 aromatic rings. The number of amides is 1. The average molecular weight is 1150 g/mol. The Labute approximate surface area is 372 Å². The highest BCUT2D eigenvalue weighted by atomic mass is 128. The van der Waals surface area contributed by atoms with Crippen molar-refractivity contribution in [3.05, 3.63) is 23.6 Å². The lowest BCUT2D eigenvalue weighted by Crippen LogP contribution is -2.54. The Morgan fingerprint density at radius 1 is 0.836 bits per heavy atom. The van der Waals surface area contributed by atoms with E-state index in [2.05, 4.69) is 86.5 Å². The fraction of sp³-hybridized carbons (Fsp3) is 0.895. The number of aliphatic hydroxyl groups is 1. The van der Waals surface area contributed by atoms with Gasteiger partial charge in [-0.2, -0.15) is 18.2 Å². The van der Waals surface area contributed by atoms with Crippen LogP contribution in [0.3, 0.4) is 0 Å². The van der Waals surface area contributed by atoms with Crippen LogP contribution in [0, 0.1) is 58.3 Å². The van der Waals surface area contributed by atoms with Crippen LogP contribution in [-0.2, 0) is 11.2 Å². The summed E-state index contributed by atoms with van der Waals surface area (Å²) in [6.45, 7) is 8.27. The van der Waals surface area contributed by atoms with E-state index in [1.54, 1.807) is 0 Å². The molecule has 12 aliphatic carbocycles. The third-order valence-corrected chi connectivity index (χ3v) is 16.5. The lowest BCUT2D eigenvalue weighted by Gasteiger charge is -2.40. The highest BCUT2D eigenvalue weighted by Crippen LogP contribution is 2.68. The van der Waals surface area contributed by atoms with Crippen LogP contribution in [0.4, 0.5) is 13.2 Å². The molecule has 14 unspecified atom stereocenters. The van der Waals surface area contributed by atoms with Gasteiger partial charge in [-0.25, -0.2) is 6.57 Å². The third kappa shape index (κ3) is 9.08. The number of alkyl halides is 3. The van der Waals surface area contributed by atoms with Crippen molar-refractivity contribution < 1.29 is 27.6 Å². The minimum atomic E-state index is -4.82. The van der Waals surface area contributed by atoms with Gasteiger partial charge in [-0.1, -0.05) is 46.2 Å². The van der Waals surface area contributed by atoms with Crippen LogP contribution >= 0.6 is 80.0 Å². The van der Waals surface area contributed by atoms with Crippen LogP contribution in [0.15, 0.2) is 10.9 Å². The second-order valence-corrected chi connectivity index (χ2v) is 19.0. The van der Waals surface area contributed by atoms with Crippen molar-refractivity contribution in [2.24, 2.45) is 51.8 Å². The van der Waals surface area contributed by atoms with Crippen molar-refractivity contribution in [1.29, 1.82) is 0 Å². The first-order chi connectivity index (χ1) is 24.2. The van der Waals surface area contributed by atoms with Gasteiger partial charge in [0.15, 0.2) is 5.82 Å². The molecule has 1 amide bonds. The molecule has 13 rings (SSSR count). The van der Waals surface area contributed by atoms with Crippen LogP contribution in [-0.4, -0.2) is 57.1 Å². The topological polar surface area (TPSA) is 117 Å². The van der Waals surface area contributed by atoms with E-state index < -0.39 is 17.6 Å². The summed E-state index contributed by atoms with van der Waals surface area (Å²) < 4.78 is 42.6. The van der Waals surface area contributed by atoms with Crippen LogP contribution in [0.25, 0.3) is 4.85 Å². The predicted molar refractivity (Wildman–Crippen MR) is 246 cm³/mol. The van der Waals surface area contributed by atoms with Crippen molar-refractivity contribution in [3.63, 3.8) is 0 Å². The van der Waals surface area contributed by atoms with Gasteiger partial charge < -0.3 is 19.8 Å². The maximum absolute atomic E-state index is 12.6. The molecule has 17 heteroatoms. The zero-order valence-corrected chi connectivity index (χ0v) is 38.3. The van der Waals surface area contributed by atoms with Crippen molar-refractivity contribution in [3.8, 4) is 0 Å². The minimum Gasteiger partial charge on any atom is -0.396 e. The first kappa shape index (κ1) is 50.2. The van der Waals surface area contributed by atoms with E-state index in [1.165, 1.54) is 70.6 Å². The summed E-state index contributed by atoms with van der Waals surface area (Å²) in [6, 6.07) is 0. The fourth-order valence-corrected chi connectivity index (χ4v) is 15.4. The molecule has 0 saturated heterocycles. The smallest absolute Gasteiger partial charge is 0.396 e. The first-order valence-corrected chi connectivity index (χ1v) is 25.9. The molecule has 55 heavy (non-hydrogen) atoms. The van der Waals surface area contributed by atoms with Crippen molar-refractivity contribution >= 4 is 85.9 Å². The molecule has 0 spiro atoms. The van der Waals surface area contributed by atoms with E-state index >= 15 is 0 Å². The third-order valence-electron chi connectivity index (χ3n) is 15.3. The molecule has 316 valence electrons. The Hall–Kier alpha value is 0.820. The first-order valence-electron chi connectivity index (χ1n) is 18.4. The number of carbonyl (C=O) groups is 1. The zero-order valence-electron chi connectivity index (χ0n) is 29.3. The Morgan fingerprint density at radius 2 is 1.29 bits per heavy atom. The molecule has 4 N–H and O–H groups in total. The van der Waals surface area contributed by atoms with Gasteiger partial charge in [0.05, 0.1) is 0 Å². The molecule has 9 nitrogen and oxygen atoms in total. The molecule has 12 saturated carbocycles. The number of aromatic nitrogens is 2. The number of carbonyl (C=O) groups excluding carboxylic acids is 1. The van der Waals surface area contributed by atoms with Crippen molar-refractivity contribution in [2.45, 2.75) is 148 Å². The summed E-state index contributed by atoms with van der Waals surface area (Å²) in [7, 11) is 5.42. The van der Waals surface area contributed by atoms with Gasteiger partial charge in [0, 0.05) is 72.3 Å². The second kappa shape index (κ2) is 18.4. The summed E-state index contributed by atoms with van der Waals surface area (Å²) in [5.74, 6) is 2.81. The normalized spacial score (nSPS) is 43.2. The summed E-state index contributed by atoms with van der Waals surface area (Å²) in [5.41, 5.74) is 0.689. The summed E-state index contributed by atoms with van der Waals surface area (Å²) in [4.78, 5) is 19.1. The van der Waals surface area contributed by atoms with Crippen molar-refractivity contribution in [1.82, 2.24) is 25.6 Å². The molecular weight excluding hydrogens is 1090 g/mol. The van der Waals surface area contributed by atoms with E-state index in [4.69, 9.17) is 11.1 Å². The van der Waals surface area contributed by atoms with Crippen LogP contribution in [0.2, 0.25) is 0 Å². The number of hydrogen-bond acceptors (Lipinski definition) is 7. The number of aliphatic hydroxyl groups excluding tert-OH is 1. The van der Waals surface area contributed by atoms with E-state index in [-0.39, 0.29) is 57.6 Å². The van der Waals surface area contributed by atoms with Crippen LogP contribution in [0.5, 0.6) is 0 Å². The van der Waals surface area contributed by atoms with Gasteiger partial charge in [-0.15, -0.1) is 24.0 Å². The molecule has 12 fully saturated rings. The highest BCUT2D eigenvalue weighted by Gasteiger charge is 2.67. The Morgan fingerprint density at radius 3 is 1.76 bits per heavy atom. The quantitative estimate of drug-likeness (QED) is 0.122. The number of halogens is 6. The van der Waals surface area contributed by atoms with Gasteiger partial charge in [-0.05, 0) is 143 Å². The summed E-state index contributed by atoms with van der Waals surface area (Å²) in [6.07, 6.45) is 14.2. The Bertz CT molecular complexity index is 1510. The second-order valence-electron chi connectivity index (χ2n) is 18.5. The Balaban J connectivity index is 0.000000217. The summed E-state index contributed by atoms with van der Waals surface area (Å²) in [5, 5.41) is 22.6. The van der Waals surface area contributed by atoms with Gasteiger partial charge in [-0.3, -0.25) is 15.0 Å². The van der Waals surface area contributed by atoms with E-state index in [9.17, 15) is 23.1 Å². The number of nitrogens with zero attached hydrogens (tertiary/aromatic N) is 3. The van der Waals surface area contributed by atoms with E-state index in [1.807, 2.05) is 0 Å². The summed E-state index contributed by atoms with van der Waals surface area (Å²) >= 11 is 4.24. The number of rotatable bonds is 7. The maximum atomic E-state index is 12.6. The molecule has 12 bridgehead atoms. The highest BCUT2D eigenvalue weighted by molar-refractivity contribution is 15.0. The van der Waals surface area contributed by atoms with Crippen LogP contribution < -0.4 is 15.5 Å². The van der Waals surface area contributed by atoms with E-state index in [0.29, 0.717) is 59.5 Å². The van der Waals surface area contributed by atoms with Gasteiger partial charge in [0.1, 0.15) is 0 Å². The molecule has 0 radical (unpaired) electrons. The zero-order chi connectivity index (χ0) is 36.5. The molecule has 12 aliphatic rings. The van der Waals surface area contributed by atoms with E-state index in [0.717, 1.165) is 49.5 Å². The fourth-order valence-electron chi connectivity index (χ4n) is 14.5. The minimum absolute atomic E-state index is 0. The molecule has 0 aliphatic heterocycles. The largest absolute Gasteiger partial charge is 0.471 e. The average Bonchev–Trinajstić information content (AvgIpc) is 3.91. The molecular formula is C38H64F3I3N6O3P2. The standard InChI is InChI=1S/C14H16F3N3O2.C11H17N2P.C10H18NOP.3CH4.I2.HI/c15-14(16,17)11(21)19-13-3-8-1-9(13)4-12(2-8,6-13)5-10-18-7-22-20-10;1-12-7-10-3-8-2-9(5-10)11(4-8,6-10)13-14;12-6-9-2-7-1-8(4-9)10(3-7,5-9)11-13;;;;1-2;/h7-9H,1-6H2,(H,19,21);8-9,13H,2-7,14H2;7-8,11-12H,1-6,13H2;3*1H4;;1H. The van der Waals surface area contributed by atoms with Crippen LogP contribution in [0.1, 0.15) is 124 Å². The molecule has 1 heterocycles.